The van der Waals surface area contributed by atoms with Gasteiger partial charge < -0.3 is 24.6 Å². The van der Waals surface area contributed by atoms with Crippen LogP contribution in [0.5, 0.6) is 0 Å². The van der Waals surface area contributed by atoms with E-state index in [0.29, 0.717) is 6.92 Å². The number of carbonyl (C=O) groups excluding carboxylic acids is 3. The molecule has 0 amide bonds. The number of alkyl halides is 9. The third kappa shape index (κ3) is 13.2. The molecule has 1 aliphatic carbocycles. The molecule has 0 aromatic rings. The van der Waals surface area contributed by atoms with Crippen LogP contribution in [-0.2, 0) is 28.6 Å². The Hall–Kier alpha value is -2.30. The summed E-state index contributed by atoms with van der Waals surface area (Å²) in [4.78, 5) is 39.6. The van der Waals surface area contributed by atoms with Crippen LogP contribution in [0.25, 0.3) is 0 Å². The monoisotopic (exact) mass is 717 g/mol. The van der Waals surface area contributed by atoms with Crippen LogP contribution in [0.4, 0.5) is 39.5 Å². The predicted molar refractivity (Wildman–Crippen MR) is 154 cm³/mol. The topological polar surface area (TPSA) is 111 Å². The fraction of sp³-hybridized carbons (Fsp3) is 0.903. The third-order valence-corrected chi connectivity index (χ3v) is 9.21. The molecule has 0 saturated heterocycles. The van der Waals surface area contributed by atoms with Crippen molar-refractivity contribution >= 4 is 17.9 Å². The summed E-state index contributed by atoms with van der Waals surface area (Å²) in [5, 5.41) is 12.4. The molecule has 0 aromatic carbocycles. The fourth-order valence-electron chi connectivity index (χ4n) is 5.48. The zero-order valence-corrected chi connectivity index (χ0v) is 28.3. The van der Waals surface area contributed by atoms with Gasteiger partial charge in [0.2, 0.25) is 0 Å². The van der Waals surface area contributed by atoms with Crippen molar-refractivity contribution in [3.05, 3.63) is 0 Å². The van der Waals surface area contributed by atoms with E-state index >= 15 is 0 Å². The van der Waals surface area contributed by atoms with Crippen molar-refractivity contribution in [2.45, 2.75) is 135 Å². The second-order valence-electron chi connectivity index (χ2n) is 14.0. The van der Waals surface area contributed by atoms with Gasteiger partial charge in [-0.3, -0.25) is 14.4 Å². The molecule has 0 spiro atoms. The second kappa shape index (κ2) is 16.2. The molecule has 1 fully saturated rings. The number of hydrogen-bond acceptors (Lipinski definition) is 8. The Labute approximate surface area is 274 Å². The molecular weight excluding hydrogens is 669 g/mol. The summed E-state index contributed by atoms with van der Waals surface area (Å²) in [5.41, 5.74) is -7.25. The summed E-state index contributed by atoms with van der Waals surface area (Å²) in [6, 6.07) is 0. The van der Waals surface area contributed by atoms with E-state index in [-0.39, 0.29) is 44.9 Å². The molecule has 1 saturated carbocycles. The smallest absolute Gasteiger partial charge is 0.417 e. The summed E-state index contributed by atoms with van der Waals surface area (Å²) in [6.45, 7) is 6.32. The van der Waals surface area contributed by atoms with Crippen LogP contribution in [0.15, 0.2) is 0 Å². The molecular formula is C31H48F9NO7. The standard InChI is InChI=1S/C31H48F9NO7/c1-8-26(6,24(44)48-28(9-2)11-10-21(16-28)27(7,45)31(38,39)40)15-20(14-19(3)22(42)46-13-12-29(32,33)34)23(43)47-18-25(4,5)41-17-30(35,36)37/h19-21,41,45H,8-18H2,1-7H3. The maximum absolute atomic E-state index is 13.7. The number of hydrogen-bond donors (Lipinski definition) is 2. The van der Waals surface area contributed by atoms with Gasteiger partial charge in [-0.05, 0) is 72.6 Å². The minimum Gasteiger partial charge on any atom is -0.465 e. The first-order valence-corrected chi connectivity index (χ1v) is 15.8. The first-order chi connectivity index (χ1) is 21.5. The maximum atomic E-state index is 13.7. The molecule has 8 nitrogen and oxygen atoms in total. The Balaban J connectivity index is 3.23. The van der Waals surface area contributed by atoms with Gasteiger partial charge in [0.1, 0.15) is 12.2 Å². The second-order valence-corrected chi connectivity index (χ2v) is 14.0. The Bertz CT molecular complexity index is 1090. The minimum absolute atomic E-state index is 0.0260. The fourth-order valence-corrected chi connectivity index (χ4v) is 5.48. The van der Waals surface area contributed by atoms with Crippen LogP contribution in [0.3, 0.4) is 0 Å². The third-order valence-electron chi connectivity index (χ3n) is 9.21. The van der Waals surface area contributed by atoms with Crippen molar-refractivity contribution < 1.29 is 73.2 Å². The first kappa shape index (κ1) is 43.7. The average Bonchev–Trinajstić information content (AvgIpc) is 3.38. The summed E-state index contributed by atoms with van der Waals surface area (Å²) >= 11 is 0. The van der Waals surface area contributed by atoms with Gasteiger partial charge in [0.15, 0.2) is 5.60 Å². The highest BCUT2D eigenvalue weighted by molar-refractivity contribution is 5.80. The number of esters is 3. The van der Waals surface area contributed by atoms with Crippen molar-refractivity contribution in [1.82, 2.24) is 5.32 Å². The lowest BCUT2D eigenvalue weighted by molar-refractivity contribution is -0.272. The van der Waals surface area contributed by atoms with Gasteiger partial charge in [0.25, 0.3) is 0 Å². The molecule has 17 heteroatoms. The van der Waals surface area contributed by atoms with Gasteiger partial charge in [-0.1, -0.05) is 20.8 Å². The zero-order chi connectivity index (χ0) is 37.6. The normalized spacial score (nSPS) is 23.1. The number of aliphatic hydroxyl groups is 1. The largest absolute Gasteiger partial charge is 0.465 e. The highest BCUT2D eigenvalue weighted by Gasteiger charge is 2.59. The summed E-state index contributed by atoms with van der Waals surface area (Å²) in [5.74, 6) is -6.68. The number of ether oxygens (including phenoxy) is 3. The zero-order valence-electron chi connectivity index (χ0n) is 28.3. The number of nitrogens with one attached hydrogen (secondary N) is 1. The molecule has 0 heterocycles. The van der Waals surface area contributed by atoms with E-state index in [2.05, 4.69) is 5.32 Å². The molecule has 0 bridgehead atoms. The highest BCUT2D eigenvalue weighted by Crippen LogP contribution is 2.50. The molecule has 0 aliphatic heterocycles. The van der Waals surface area contributed by atoms with Crippen molar-refractivity contribution in [3.8, 4) is 0 Å². The number of halogens is 9. The van der Waals surface area contributed by atoms with Crippen molar-refractivity contribution in [2.75, 3.05) is 19.8 Å². The summed E-state index contributed by atoms with van der Waals surface area (Å²) in [7, 11) is 0. The lowest BCUT2D eigenvalue weighted by Crippen LogP contribution is -2.49. The molecule has 0 aromatic heterocycles. The predicted octanol–water partition coefficient (Wildman–Crippen LogP) is 7.21. The van der Waals surface area contributed by atoms with Gasteiger partial charge in [0, 0.05) is 11.5 Å². The summed E-state index contributed by atoms with van der Waals surface area (Å²) < 4.78 is 132. The molecule has 1 rings (SSSR count). The molecule has 0 radical (unpaired) electrons. The van der Waals surface area contributed by atoms with Crippen LogP contribution in [0.1, 0.15) is 99.8 Å². The Morgan fingerprint density at radius 2 is 1.50 bits per heavy atom. The molecule has 282 valence electrons. The number of rotatable bonds is 17. The molecule has 1 aliphatic rings. The van der Waals surface area contributed by atoms with Gasteiger partial charge in [0.05, 0.1) is 36.8 Å². The van der Waals surface area contributed by atoms with Gasteiger partial charge >= 0.3 is 36.4 Å². The molecule has 6 atom stereocenters. The first-order valence-electron chi connectivity index (χ1n) is 15.8. The van der Waals surface area contributed by atoms with E-state index in [1.54, 1.807) is 13.8 Å². The molecule has 6 unspecified atom stereocenters. The lowest BCUT2D eigenvalue weighted by atomic mass is 9.76. The molecule has 2 N–H and O–H groups in total. The minimum atomic E-state index is -4.93. The lowest BCUT2D eigenvalue weighted by Gasteiger charge is -2.37. The Morgan fingerprint density at radius 3 is 1.98 bits per heavy atom. The van der Waals surface area contributed by atoms with Crippen LogP contribution >= 0.6 is 0 Å². The van der Waals surface area contributed by atoms with E-state index in [0.717, 1.165) is 0 Å². The van der Waals surface area contributed by atoms with Crippen molar-refractivity contribution in [2.24, 2.45) is 23.2 Å². The number of carbonyl (C=O) groups is 3. The van der Waals surface area contributed by atoms with Gasteiger partial charge in [-0.2, -0.15) is 39.5 Å². The van der Waals surface area contributed by atoms with Crippen molar-refractivity contribution in [3.63, 3.8) is 0 Å². The van der Waals surface area contributed by atoms with E-state index in [1.807, 2.05) is 0 Å². The summed E-state index contributed by atoms with van der Waals surface area (Å²) in [6.07, 6.45) is -16.4. The van der Waals surface area contributed by atoms with E-state index < -0.39 is 103 Å². The quantitative estimate of drug-likeness (QED) is 0.0923. The van der Waals surface area contributed by atoms with Crippen LogP contribution < -0.4 is 5.32 Å². The average molecular weight is 718 g/mol. The molecule has 48 heavy (non-hydrogen) atoms. The van der Waals surface area contributed by atoms with Crippen LogP contribution in [0.2, 0.25) is 0 Å². The highest BCUT2D eigenvalue weighted by atomic mass is 19.4. The Kier molecular flexibility index (Phi) is 14.7. The van der Waals surface area contributed by atoms with Crippen LogP contribution in [-0.4, -0.2) is 78.0 Å². The van der Waals surface area contributed by atoms with Crippen LogP contribution in [0, 0.1) is 23.2 Å². The van der Waals surface area contributed by atoms with E-state index in [4.69, 9.17) is 14.2 Å². The van der Waals surface area contributed by atoms with Gasteiger partial charge in [-0.15, -0.1) is 0 Å². The SMILES string of the molecule is CCC1(OC(=O)C(C)(CC)CC(CC(C)C(=O)OCCC(F)(F)F)C(=O)OCC(C)(C)NCC(F)(F)F)CCC(C(C)(O)C(F)(F)F)C1. The van der Waals surface area contributed by atoms with E-state index in [1.165, 1.54) is 27.7 Å². The Morgan fingerprint density at radius 1 is 0.917 bits per heavy atom. The van der Waals surface area contributed by atoms with Crippen molar-refractivity contribution in [1.29, 1.82) is 0 Å². The van der Waals surface area contributed by atoms with Gasteiger partial charge in [-0.25, -0.2) is 0 Å². The van der Waals surface area contributed by atoms with E-state index in [9.17, 15) is 59.0 Å². The maximum Gasteiger partial charge on any atom is 0.417 e.